The van der Waals surface area contributed by atoms with Crippen molar-refractivity contribution >= 4 is 69.2 Å². The first kappa shape index (κ1) is 17.1. The molecule has 1 saturated heterocycles. The molecule has 2 aromatic carbocycles. The van der Waals surface area contributed by atoms with E-state index in [0.29, 0.717) is 14.4 Å². The zero-order valence-corrected chi connectivity index (χ0v) is 15.6. The van der Waals surface area contributed by atoms with Gasteiger partial charge >= 0.3 is 0 Å². The summed E-state index contributed by atoms with van der Waals surface area (Å²) in [6.07, 6.45) is 0. The molecule has 23 heavy (non-hydrogen) atoms. The lowest BCUT2D eigenvalue weighted by Gasteiger charge is -2.23. The van der Waals surface area contributed by atoms with Crippen LogP contribution in [-0.4, -0.2) is 15.5 Å². The summed E-state index contributed by atoms with van der Waals surface area (Å²) in [6, 6.07) is 15.2. The molecule has 1 aliphatic heterocycles. The Balaban J connectivity index is 2.03. The van der Waals surface area contributed by atoms with Crippen LogP contribution in [0.5, 0.6) is 0 Å². The molecule has 1 fully saturated rings. The molecule has 2 atom stereocenters. The Morgan fingerprint density at radius 2 is 1.74 bits per heavy atom. The summed E-state index contributed by atoms with van der Waals surface area (Å²) in [5, 5.41) is 3.20. The van der Waals surface area contributed by atoms with Gasteiger partial charge in [-0.15, -0.1) is 11.8 Å². The molecule has 0 aliphatic carbocycles. The van der Waals surface area contributed by atoms with Gasteiger partial charge in [0.25, 0.3) is 0 Å². The summed E-state index contributed by atoms with van der Waals surface area (Å²) in [5.41, 5.74) is 0.766. The van der Waals surface area contributed by atoms with Gasteiger partial charge < -0.3 is 5.32 Å². The predicted molar refractivity (Wildman–Crippen MR) is 104 cm³/mol. The first-order valence-electron chi connectivity index (χ1n) is 6.73. The molecule has 1 heterocycles. The molecule has 118 valence electrons. The number of thiocarbonyl (C=S) groups is 1. The van der Waals surface area contributed by atoms with E-state index in [1.807, 2.05) is 30.3 Å². The van der Waals surface area contributed by atoms with E-state index >= 15 is 0 Å². The second-order valence-corrected chi connectivity index (χ2v) is 8.65. The number of carbonyl (C=O) groups excluding carboxylic acids is 1. The van der Waals surface area contributed by atoms with Gasteiger partial charge in [0.05, 0.1) is 5.25 Å². The van der Waals surface area contributed by atoms with Gasteiger partial charge in [-0.2, -0.15) is 0 Å². The lowest BCUT2D eigenvalue weighted by molar-refractivity contribution is -0.118. The molecule has 7 heteroatoms. The lowest BCUT2D eigenvalue weighted by Crippen LogP contribution is -2.27. The number of amides is 1. The van der Waals surface area contributed by atoms with Crippen LogP contribution in [0.25, 0.3) is 0 Å². The van der Waals surface area contributed by atoms with Gasteiger partial charge in [0, 0.05) is 20.5 Å². The zero-order chi connectivity index (χ0) is 16.4. The Kier molecular flexibility index (Phi) is 5.54. The van der Waals surface area contributed by atoms with Gasteiger partial charge in [0.15, 0.2) is 0 Å². The third kappa shape index (κ3) is 3.86. The van der Waals surface area contributed by atoms with E-state index < -0.39 is 0 Å². The number of hydrogen-bond donors (Lipinski definition) is 1. The maximum Gasteiger partial charge on any atom is 0.240 e. The summed E-state index contributed by atoms with van der Waals surface area (Å²) in [4.78, 5) is 13.3. The highest BCUT2D eigenvalue weighted by molar-refractivity contribution is 8.24. The summed E-state index contributed by atoms with van der Waals surface area (Å²) in [5.74, 6) is -0.107. The first-order chi connectivity index (χ1) is 11.1. The molecule has 1 aliphatic rings. The van der Waals surface area contributed by atoms with Crippen molar-refractivity contribution in [3.8, 4) is 0 Å². The molecule has 0 aromatic heterocycles. The minimum Gasteiger partial charge on any atom is -0.311 e. The van der Waals surface area contributed by atoms with Gasteiger partial charge in [-0.3, -0.25) is 4.79 Å². The number of halogens is 2. The highest BCUT2D eigenvalue weighted by atomic mass is 35.5. The second kappa shape index (κ2) is 7.45. The molecule has 2 aromatic rings. The summed E-state index contributed by atoms with van der Waals surface area (Å²) < 4.78 is 0.488. The lowest BCUT2D eigenvalue weighted by atomic mass is 10.1. The highest BCUT2D eigenvalue weighted by Gasteiger charge is 2.39. The summed E-state index contributed by atoms with van der Waals surface area (Å²) >= 11 is 20.8. The van der Waals surface area contributed by atoms with Crippen LogP contribution < -0.4 is 5.32 Å². The molecule has 1 amide bonds. The predicted octanol–water partition coefficient (Wildman–Crippen LogP) is 5.34. The molecule has 2 unspecified atom stereocenters. The van der Waals surface area contributed by atoms with E-state index in [-0.39, 0.29) is 16.4 Å². The van der Waals surface area contributed by atoms with Crippen molar-refractivity contribution in [1.82, 2.24) is 5.32 Å². The van der Waals surface area contributed by atoms with Crippen LogP contribution in [0.2, 0.25) is 10.0 Å². The van der Waals surface area contributed by atoms with E-state index in [1.165, 1.54) is 11.8 Å². The number of rotatable bonds is 4. The third-order valence-electron chi connectivity index (χ3n) is 3.28. The van der Waals surface area contributed by atoms with Gasteiger partial charge in [0.1, 0.15) is 9.57 Å². The molecule has 0 bridgehead atoms. The van der Waals surface area contributed by atoms with Crippen molar-refractivity contribution in [3.05, 3.63) is 64.1 Å². The quantitative estimate of drug-likeness (QED) is 0.554. The number of nitrogens with one attached hydrogen (secondary N) is 1. The topological polar surface area (TPSA) is 29.1 Å². The third-order valence-corrected chi connectivity index (χ3v) is 6.87. The molecule has 0 radical (unpaired) electrons. The Labute approximate surface area is 158 Å². The Bertz CT molecular complexity index is 734. The maximum atomic E-state index is 12.3. The zero-order valence-electron chi connectivity index (χ0n) is 11.7. The molecule has 0 saturated carbocycles. The van der Waals surface area contributed by atoms with Crippen LogP contribution in [0, 0.1) is 0 Å². The van der Waals surface area contributed by atoms with Crippen molar-refractivity contribution in [3.63, 3.8) is 0 Å². The van der Waals surface area contributed by atoms with Crippen LogP contribution in [0.3, 0.4) is 0 Å². The molecular formula is C16H11Cl2NOS3. The van der Waals surface area contributed by atoms with E-state index in [2.05, 4.69) is 5.32 Å². The fraction of sp³-hybridized carbons (Fsp3) is 0.125. The Morgan fingerprint density at radius 3 is 2.30 bits per heavy atom. The average Bonchev–Trinajstić information content (AvgIpc) is 2.85. The smallest absolute Gasteiger partial charge is 0.240 e. The molecule has 0 spiro atoms. The summed E-state index contributed by atoms with van der Waals surface area (Å²) in [7, 11) is 0. The van der Waals surface area contributed by atoms with Crippen molar-refractivity contribution in [2.24, 2.45) is 0 Å². The number of hydrogen-bond acceptors (Lipinski definition) is 4. The fourth-order valence-corrected chi connectivity index (χ4v) is 5.82. The minimum absolute atomic E-state index is 0.107. The van der Waals surface area contributed by atoms with Gasteiger partial charge in [-0.1, -0.05) is 71.4 Å². The van der Waals surface area contributed by atoms with Crippen molar-refractivity contribution in [2.75, 3.05) is 0 Å². The fourth-order valence-electron chi connectivity index (χ4n) is 2.27. The van der Waals surface area contributed by atoms with E-state index in [4.69, 9.17) is 35.4 Å². The SMILES string of the molecule is O=C1NC(=S)SC1C(Sc1ccccc1)c1c(Cl)cccc1Cl. The molecule has 3 rings (SSSR count). The number of thioether (sulfide) groups is 2. The van der Waals surface area contributed by atoms with Crippen molar-refractivity contribution < 1.29 is 4.79 Å². The van der Waals surface area contributed by atoms with Crippen molar-refractivity contribution in [2.45, 2.75) is 15.4 Å². The molecular weight excluding hydrogens is 389 g/mol. The monoisotopic (exact) mass is 399 g/mol. The van der Waals surface area contributed by atoms with Crippen LogP contribution >= 0.6 is 58.9 Å². The van der Waals surface area contributed by atoms with Gasteiger partial charge in [-0.25, -0.2) is 0 Å². The van der Waals surface area contributed by atoms with E-state index in [9.17, 15) is 4.79 Å². The van der Waals surface area contributed by atoms with Crippen LogP contribution in [0.15, 0.2) is 53.4 Å². The van der Waals surface area contributed by atoms with E-state index in [0.717, 1.165) is 10.5 Å². The van der Waals surface area contributed by atoms with Crippen LogP contribution in [0.1, 0.15) is 10.8 Å². The van der Waals surface area contributed by atoms with E-state index in [1.54, 1.807) is 30.0 Å². The Morgan fingerprint density at radius 1 is 1.09 bits per heavy atom. The molecule has 2 nitrogen and oxygen atoms in total. The number of benzene rings is 2. The maximum absolute atomic E-state index is 12.3. The average molecular weight is 400 g/mol. The minimum atomic E-state index is -0.370. The molecule has 1 N–H and O–H groups in total. The van der Waals surface area contributed by atoms with Gasteiger partial charge in [0.2, 0.25) is 5.91 Å². The van der Waals surface area contributed by atoms with Gasteiger partial charge in [-0.05, 0) is 24.3 Å². The standard InChI is InChI=1S/C16H11Cl2NOS3/c17-10-7-4-8-11(18)12(10)13(14-15(20)19-16(21)23-14)22-9-5-2-1-3-6-9/h1-8,13-14H,(H,19,20,21). The first-order valence-corrected chi connectivity index (χ1v) is 9.65. The van der Waals surface area contributed by atoms with Crippen molar-refractivity contribution in [1.29, 1.82) is 0 Å². The van der Waals surface area contributed by atoms with Crippen LogP contribution in [0.4, 0.5) is 0 Å². The summed E-state index contributed by atoms with van der Waals surface area (Å²) in [6.45, 7) is 0. The number of carbonyl (C=O) groups is 1. The highest BCUT2D eigenvalue weighted by Crippen LogP contribution is 2.48. The Hall–Kier alpha value is -0.720. The second-order valence-electron chi connectivity index (χ2n) is 4.80. The largest absolute Gasteiger partial charge is 0.311 e. The normalized spacial score (nSPS) is 18.8. The van der Waals surface area contributed by atoms with Crippen LogP contribution in [-0.2, 0) is 4.79 Å².